The van der Waals surface area contributed by atoms with Crippen molar-refractivity contribution >= 4 is 23.1 Å². The van der Waals surface area contributed by atoms with Gasteiger partial charge in [-0.3, -0.25) is 14.3 Å². The van der Waals surface area contributed by atoms with E-state index < -0.39 is 0 Å². The van der Waals surface area contributed by atoms with E-state index in [2.05, 4.69) is 11.4 Å². The van der Waals surface area contributed by atoms with Gasteiger partial charge in [0.2, 0.25) is 5.91 Å². The highest BCUT2D eigenvalue weighted by Gasteiger charge is 2.21. The molecule has 0 bridgehead atoms. The number of anilines is 1. The summed E-state index contributed by atoms with van der Waals surface area (Å²) in [6, 6.07) is 10.3. The number of thiophene rings is 1. The van der Waals surface area contributed by atoms with Crippen LogP contribution in [0.3, 0.4) is 0 Å². The normalized spacial score (nSPS) is 10.9. The summed E-state index contributed by atoms with van der Waals surface area (Å²) in [5, 5.41) is 16.5. The van der Waals surface area contributed by atoms with Crippen LogP contribution in [0, 0.1) is 31.0 Å². The van der Waals surface area contributed by atoms with Crippen LogP contribution in [0.5, 0.6) is 0 Å². The average molecular weight is 396 g/mol. The lowest BCUT2D eigenvalue weighted by Crippen LogP contribution is -2.30. The molecule has 1 aromatic carbocycles. The number of nitrogens with zero attached hydrogens (tertiary/aromatic N) is 3. The van der Waals surface area contributed by atoms with Crippen LogP contribution in [0.15, 0.2) is 41.1 Å². The van der Waals surface area contributed by atoms with Crippen molar-refractivity contribution in [2.24, 2.45) is 0 Å². The fourth-order valence-corrected chi connectivity index (χ4v) is 3.83. The summed E-state index contributed by atoms with van der Waals surface area (Å²) in [6.07, 6.45) is 0. The number of halogens is 1. The predicted molar refractivity (Wildman–Crippen MR) is 109 cm³/mol. The monoisotopic (exact) mass is 396 g/mol. The van der Waals surface area contributed by atoms with E-state index in [-0.39, 0.29) is 18.3 Å². The van der Waals surface area contributed by atoms with Crippen molar-refractivity contribution in [2.45, 2.75) is 20.4 Å². The molecule has 2 aromatic heterocycles. The zero-order valence-corrected chi connectivity index (χ0v) is 16.8. The van der Waals surface area contributed by atoms with Crippen molar-refractivity contribution in [1.82, 2.24) is 9.47 Å². The first-order valence-corrected chi connectivity index (χ1v) is 9.72. The summed E-state index contributed by atoms with van der Waals surface area (Å²) in [6.45, 7) is 4.50. The van der Waals surface area contributed by atoms with E-state index in [1.807, 2.05) is 42.6 Å². The molecule has 0 spiro atoms. The lowest BCUT2D eigenvalue weighted by atomic mass is 10.2. The molecule has 0 fully saturated rings. The Bertz CT molecular complexity index is 1030. The van der Waals surface area contributed by atoms with E-state index in [1.54, 1.807) is 28.0 Å². The molecule has 0 aliphatic carbocycles. The van der Waals surface area contributed by atoms with E-state index in [9.17, 15) is 14.4 Å². The first-order valence-electron chi connectivity index (χ1n) is 8.78. The van der Waals surface area contributed by atoms with E-state index in [0.717, 1.165) is 16.8 Å². The highest BCUT2D eigenvalue weighted by atomic mass is 32.1. The zero-order chi connectivity index (χ0) is 20.3. The Morgan fingerprint density at radius 2 is 2.14 bits per heavy atom. The van der Waals surface area contributed by atoms with Crippen LogP contribution in [-0.2, 0) is 11.3 Å². The molecule has 5 nitrogen and oxygen atoms in total. The van der Waals surface area contributed by atoms with Crippen molar-refractivity contribution < 1.29 is 9.18 Å². The summed E-state index contributed by atoms with van der Waals surface area (Å²) in [5.74, 6) is -0.240. The average Bonchev–Trinajstić information content (AvgIpc) is 3.22. The summed E-state index contributed by atoms with van der Waals surface area (Å²) < 4.78 is 15.5. The van der Waals surface area contributed by atoms with Crippen LogP contribution in [-0.4, -0.2) is 29.0 Å². The molecule has 144 valence electrons. The molecule has 0 aliphatic rings. The van der Waals surface area contributed by atoms with Crippen LogP contribution < -0.4 is 5.32 Å². The topological polar surface area (TPSA) is 61.1 Å². The SMILES string of the molecule is Cc1c(C#N)c(NC(=O)CN(C)Cc2ccsc2)n(-c2cccc(F)c2)c1C. The first kappa shape index (κ1) is 19.8. The van der Waals surface area contributed by atoms with Crippen molar-refractivity contribution in [2.75, 3.05) is 18.9 Å². The predicted octanol–water partition coefficient (Wildman–Crippen LogP) is 4.24. The maximum absolute atomic E-state index is 13.7. The number of aromatic nitrogens is 1. The maximum Gasteiger partial charge on any atom is 0.239 e. The minimum atomic E-state index is -0.380. The fourth-order valence-electron chi connectivity index (χ4n) is 3.17. The van der Waals surface area contributed by atoms with Gasteiger partial charge in [-0.25, -0.2) is 4.39 Å². The van der Waals surface area contributed by atoms with Crippen LogP contribution in [0.4, 0.5) is 10.2 Å². The van der Waals surface area contributed by atoms with Crippen molar-refractivity contribution in [3.63, 3.8) is 0 Å². The van der Waals surface area contributed by atoms with Crippen LogP contribution in [0.2, 0.25) is 0 Å². The van der Waals surface area contributed by atoms with E-state index in [1.165, 1.54) is 12.1 Å². The Labute approximate surface area is 167 Å². The number of nitrogens with one attached hydrogen (secondary N) is 1. The van der Waals surface area contributed by atoms with Crippen LogP contribution >= 0.6 is 11.3 Å². The molecule has 1 N–H and O–H groups in total. The van der Waals surface area contributed by atoms with Gasteiger partial charge in [-0.2, -0.15) is 16.6 Å². The van der Waals surface area contributed by atoms with Crippen LogP contribution in [0.25, 0.3) is 5.69 Å². The Hall–Kier alpha value is -2.95. The third-order valence-electron chi connectivity index (χ3n) is 4.60. The molecule has 0 unspecified atom stereocenters. The number of carbonyl (C=O) groups is 1. The molecule has 0 aliphatic heterocycles. The van der Waals surface area contributed by atoms with Gasteiger partial charge in [0.15, 0.2) is 0 Å². The minimum Gasteiger partial charge on any atom is -0.310 e. The third kappa shape index (κ3) is 4.14. The number of hydrogen-bond acceptors (Lipinski definition) is 4. The fraction of sp³-hybridized carbons (Fsp3) is 0.238. The van der Waals surface area contributed by atoms with Crippen LogP contribution in [0.1, 0.15) is 22.4 Å². The molecule has 1 amide bonds. The zero-order valence-electron chi connectivity index (χ0n) is 16.0. The number of hydrogen-bond donors (Lipinski definition) is 1. The highest BCUT2D eigenvalue weighted by molar-refractivity contribution is 7.07. The highest BCUT2D eigenvalue weighted by Crippen LogP contribution is 2.30. The Morgan fingerprint density at radius 1 is 1.36 bits per heavy atom. The number of nitriles is 1. The van der Waals surface area contributed by atoms with Gasteiger partial charge >= 0.3 is 0 Å². The molecule has 3 rings (SSSR count). The minimum absolute atomic E-state index is 0.174. The first-order chi connectivity index (χ1) is 13.4. The molecule has 0 saturated carbocycles. The number of benzene rings is 1. The third-order valence-corrected chi connectivity index (χ3v) is 5.33. The molecule has 3 aromatic rings. The van der Waals surface area contributed by atoms with Gasteiger partial charge in [-0.05, 0) is 67.0 Å². The standard InChI is InChI=1S/C21H21FN4OS/c1-14-15(2)26(18-6-4-5-17(22)9-18)21(19(14)10-23)24-20(27)12-25(3)11-16-7-8-28-13-16/h4-9,13H,11-12H2,1-3H3,(H,24,27). The number of amides is 1. The lowest BCUT2D eigenvalue weighted by molar-refractivity contribution is -0.117. The lowest BCUT2D eigenvalue weighted by Gasteiger charge is -2.17. The van der Waals surface area contributed by atoms with E-state index in [0.29, 0.717) is 23.6 Å². The Morgan fingerprint density at radius 3 is 2.79 bits per heavy atom. The second-order valence-corrected chi connectivity index (χ2v) is 7.49. The molecule has 7 heteroatoms. The number of likely N-dealkylation sites (N-methyl/N-ethyl adjacent to an activating group) is 1. The summed E-state index contributed by atoms with van der Waals surface area (Å²) in [5.41, 5.74) is 3.63. The molecule has 0 atom stereocenters. The molecule has 0 saturated heterocycles. The molecular formula is C21H21FN4OS. The second-order valence-electron chi connectivity index (χ2n) is 6.71. The maximum atomic E-state index is 13.7. The van der Waals surface area contributed by atoms with Gasteiger partial charge in [0.05, 0.1) is 17.8 Å². The van der Waals surface area contributed by atoms with Gasteiger partial charge in [0.25, 0.3) is 0 Å². The van der Waals surface area contributed by atoms with Crippen molar-refractivity contribution in [3.8, 4) is 11.8 Å². The molecule has 0 radical (unpaired) electrons. The molecular weight excluding hydrogens is 375 g/mol. The summed E-state index contributed by atoms with van der Waals surface area (Å²) >= 11 is 1.62. The Balaban J connectivity index is 1.87. The summed E-state index contributed by atoms with van der Waals surface area (Å²) in [7, 11) is 1.87. The van der Waals surface area contributed by atoms with Gasteiger partial charge < -0.3 is 5.32 Å². The van der Waals surface area contributed by atoms with E-state index >= 15 is 0 Å². The van der Waals surface area contributed by atoms with E-state index in [4.69, 9.17) is 0 Å². The Kier molecular flexibility index (Phi) is 5.93. The number of rotatable bonds is 6. The second kappa shape index (κ2) is 8.38. The molecule has 2 heterocycles. The smallest absolute Gasteiger partial charge is 0.239 e. The van der Waals surface area contributed by atoms with Gasteiger partial charge in [0, 0.05) is 12.2 Å². The van der Waals surface area contributed by atoms with Crippen molar-refractivity contribution in [1.29, 1.82) is 5.26 Å². The summed E-state index contributed by atoms with van der Waals surface area (Å²) in [4.78, 5) is 14.5. The van der Waals surface area contributed by atoms with Gasteiger partial charge in [-0.15, -0.1) is 0 Å². The van der Waals surface area contributed by atoms with Crippen molar-refractivity contribution in [3.05, 3.63) is 69.3 Å². The largest absolute Gasteiger partial charge is 0.310 e. The number of carbonyl (C=O) groups excluding carboxylic acids is 1. The quantitative estimate of drug-likeness (QED) is 0.678. The molecule has 28 heavy (non-hydrogen) atoms. The van der Waals surface area contributed by atoms with Gasteiger partial charge in [0.1, 0.15) is 17.7 Å². The van der Waals surface area contributed by atoms with Gasteiger partial charge in [-0.1, -0.05) is 6.07 Å².